The van der Waals surface area contributed by atoms with Gasteiger partial charge in [-0.1, -0.05) is 6.07 Å². The third kappa shape index (κ3) is 7.43. The van der Waals surface area contributed by atoms with E-state index in [4.69, 9.17) is 24.7 Å². The monoisotopic (exact) mass is 631 g/mol. The molecule has 5 rings (SSSR count). The summed E-state index contributed by atoms with van der Waals surface area (Å²) < 4.78 is 25.5. The number of hydrogen-bond donors (Lipinski definition) is 2. The Hall–Kier alpha value is -5.03. The number of nitrogens with zero attached hydrogens (tertiary/aromatic N) is 1. The molecule has 244 valence electrons. The van der Waals surface area contributed by atoms with E-state index in [1.165, 1.54) is 28.4 Å². The first-order valence-electron chi connectivity index (χ1n) is 14.9. The van der Waals surface area contributed by atoms with Crippen molar-refractivity contribution in [3.63, 3.8) is 0 Å². The molecule has 0 fully saturated rings. The summed E-state index contributed by atoms with van der Waals surface area (Å²) in [5.74, 6) is 0.970. The number of nitrogens with one attached hydrogen (secondary N) is 1. The minimum Gasteiger partial charge on any atom is -0.497 e. The Kier molecular flexibility index (Phi) is 11.6. The van der Waals surface area contributed by atoms with Crippen LogP contribution in [0.4, 0.5) is 0 Å². The molecule has 1 aliphatic heterocycles. The fourth-order valence-corrected chi connectivity index (χ4v) is 5.76. The molecule has 3 aromatic carbocycles. The zero-order valence-electron chi connectivity index (χ0n) is 26.9. The zero-order valence-corrected chi connectivity index (χ0v) is 26.9. The van der Waals surface area contributed by atoms with Crippen molar-refractivity contribution < 1.29 is 38.1 Å². The van der Waals surface area contributed by atoms with E-state index >= 15 is 0 Å². The van der Waals surface area contributed by atoms with Crippen LogP contribution >= 0.6 is 0 Å². The summed E-state index contributed by atoms with van der Waals surface area (Å²) in [7, 11) is 7.41. The largest absolute Gasteiger partial charge is 0.497 e. The average Bonchev–Trinajstić information content (AvgIpc) is 3.51. The second kappa shape index (κ2) is 15.8. The number of carbonyl (C=O) groups is 3. The van der Waals surface area contributed by atoms with Crippen molar-refractivity contribution in [2.45, 2.75) is 31.7 Å². The number of ether oxygens (including phenoxy) is 5. The summed E-state index contributed by atoms with van der Waals surface area (Å²) in [4.78, 5) is 40.6. The molecule has 3 N–H and O–H groups in total. The number of aromatic nitrogens is 1. The molecule has 2 heterocycles. The smallest absolute Gasteiger partial charge is 0.341 e. The SMILES string of the molecule is COC(=O)c1cc2c(cc1OC)CCN(C=O)[C@H]2CCc1c[nH]c2ccc(OC)cc12.COC(=O)c1ccc(CCN)cc1OC. The van der Waals surface area contributed by atoms with Crippen LogP contribution in [0.25, 0.3) is 10.9 Å². The van der Waals surface area contributed by atoms with E-state index in [1.54, 1.807) is 19.2 Å². The number of nitrogens with two attached hydrogens (primary N) is 1. The molecule has 0 unspecified atom stereocenters. The normalized spacial score (nSPS) is 13.6. The first-order chi connectivity index (χ1) is 22.3. The van der Waals surface area contributed by atoms with Crippen molar-refractivity contribution in [2.75, 3.05) is 48.6 Å². The highest BCUT2D eigenvalue weighted by Gasteiger charge is 2.29. The van der Waals surface area contributed by atoms with Crippen LogP contribution in [-0.2, 0) is 33.5 Å². The van der Waals surface area contributed by atoms with Gasteiger partial charge in [0.15, 0.2) is 0 Å². The lowest BCUT2D eigenvalue weighted by Crippen LogP contribution is -2.35. The first kappa shape index (κ1) is 33.9. The van der Waals surface area contributed by atoms with Crippen LogP contribution in [-0.4, -0.2) is 76.9 Å². The van der Waals surface area contributed by atoms with E-state index in [0.717, 1.165) is 64.6 Å². The highest BCUT2D eigenvalue weighted by Crippen LogP contribution is 2.37. The second-order valence-corrected chi connectivity index (χ2v) is 10.7. The van der Waals surface area contributed by atoms with E-state index in [2.05, 4.69) is 9.72 Å². The van der Waals surface area contributed by atoms with Gasteiger partial charge in [-0.05, 0) is 96.9 Å². The molecule has 1 aromatic heterocycles. The van der Waals surface area contributed by atoms with Gasteiger partial charge < -0.3 is 39.3 Å². The van der Waals surface area contributed by atoms with Crippen molar-refractivity contribution in [3.8, 4) is 17.2 Å². The topological polar surface area (TPSA) is 142 Å². The van der Waals surface area contributed by atoms with Gasteiger partial charge in [0.2, 0.25) is 6.41 Å². The van der Waals surface area contributed by atoms with Gasteiger partial charge >= 0.3 is 11.9 Å². The molecule has 11 heteroatoms. The summed E-state index contributed by atoms with van der Waals surface area (Å²) in [5.41, 5.74) is 11.6. The van der Waals surface area contributed by atoms with Gasteiger partial charge in [-0.3, -0.25) is 4.79 Å². The van der Waals surface area contributed by atoms with Crippen molar-refractivity contribution in [2.24, 2.45) is 5.73 Å². The molecule has 46 heavy (non-hydrogen) atoms. The standard InChI is InChI=1S/C24H26N2O5.C11H15NO3/c1-29-17-5-6-21-18(11-17)16(13-25-21)4-7-22-19-12-20(24(28)31-3)23(30-2)10-15(19)8-9-26(22)14-27;1-14-10-7-8(5-6-12)3-4-9(10)11(13)15-2/h5-6,10-14,22,25H,4,7-9H2,1-3H3;3-4,7H,5-6,12H2,1-2H3/t22-;/m0./s1. The lowest BCUT2D eigenvalue weighted by molar-refractivity contribution is -0.120. The van der Waals surface area contributed by atoms with Gasteiger partial charge in [-0.25, -0.2) is 9.59 Å². The third-order valence-corrected chi connectivity index (χ3v) is 8.17. The number of rotatable bonds is 11. The van der Waals surface area contributed by atoms with Crippen molar-refractivity contribution >= 4 is 29.3 Å². The molecule has 4 aromatic rings. The third-order valence-electron chi connectivity index (χ3n) is 8.17. The quantitative estimate of drug-likeness (QED) is 0.179. The van der Waals surface area contributed by atoms with Crippen LogP contribution in [0, 0.1) is 0 Å². The maximum absolute atomic E-state index is 12.3. The average molecular weight is 632 g/mol. The summed E-state index contributed by atoms with van der Waals surface area (Å²) in [6.45, 7) is 1.20. The molecular formula is C35H41N3O8. The Morgan fingerprint density at radius 1 is 0.891 bits per heavy atom. The van der Waals surface area contributed by atoms with Gasteiger partial charge in [0, 0.05) is 23.6 Å². The number of carbonyl (C=O) groups excluding carboxylic acids is 3. The Balaban J connectivity index is 0.000000270. The number of fused-ring (bicyclic) bond motifs is 2. The van der Waals surface area contributed by atoms with Crippen LogP contribution < -0.4 is 19.9 Å². The van der Waals surface area contributed by atoms with Gasteiger partial charge in [0.25, 0.3) is 0 Å². The van der Waals surface area contributed by atoms with Crippen LogP contribution in [0.1, 0.15) is 55.4 Å². The molecule has 0 bridgehead atoms. The lowest BCUT2D eigenvalue weighted by Gasteiger charge is -2.35. The molecule has 1 amide bonds. The van der Waals surface area contributed by atoms with Crippen LogP contribution in [0.3, 0.4) is 0 Å². The number of esters is 2. The molecule has 1 atom stereocenters. The van der Waals surface area contributed by atoms with E-state index in [0.29, 0.717) is 42.1 Å². The first-order valence-corrected chi connectivity index (χ1v) is 14.9. The molecule has 0 spiro atoms. The molecular weight excluding hydrogens is 590 g/mol. The van der Waals surface area contributed by atoms with Gasteiger partial charge in [0.1, 0.15) is 28.4 Å². The van der Waals surface area contributed by atoms with Crippen molar-refractivity contribution in [1.29, 1.82) is 0 Å². The maximum Gasteiger partial charge on any atom is 0.341 e. The summed E-state index contributed by atoms with van der Waals surface area (Å²) in [6, 6.07) is 14.9. The highest BCUT2D eigenvalue weighted by molar-refractivity contribution is 5.93. The minimum absolute atomic E-state index is 0.133. The fourth-order valence-electron chi connectivity index (χ4n) is 5.76. The van der Waals surface area contributed by atoms with E-state index in [-0.39, 0.29) is 6.04 Å². The minimum atomic E-state index is -0.453. The van der Waals surface area contributed by atoms with Gasteiger partial charge in [-0.15, -0.1) is 0 Å². The van der Waals surface area contributed by atoms with Crippen molar-refractivity contribution in [3.05, 3.63) is 88.1 Å². The maximum atomic E-state index is 12.3. The number of hydrogen-bond acceptors (Lipinski definition) is 9. The van der Waals surface area contributed by atoms with Crippen molar-refractivity contribution in [1.82, 2.24) is 9.88 Å². The number of methoxy groups -OCH3 is 5. The van der Waals surface area contributed by atoms with Crippen LogP contribution in [0.15, 0.2) is 54.7 Å². The number of amides is 1. The van der Waals surface area contributed by atoms with Gasteiger partial charge in [-0.2, -0.15) is 0 Å². The number of aromatic amines is 1. The second-order valence-electron chi connectivity index (χ2n) is 10.7. The molecule has 0 saturated carbocycles. The fraction of sp³-hybridized carbons (Fsp3) is 0.343. The summed E-state index contributed by atoms with van der Waals surface area (Å²) >= 11 is 0. The predicted octanol–water partition coefficient (Wildman–Crippen LogP) is 4.64. The molecule has 11 nitrogen and oxygen atoms in total. The molecule has 0 aliphatic carbocycles. The van der Waals surface area contributed by atoms with Gasteiger partial charge in [0.05, 0.1) is 41.6 Å². The zero-order chi connectivity index (χ0) is 33.2. The Labute approximate surface area is 268 Å². The predicted molar refractivity (Wildman–Crippen MR) is 174 cm³/mol. The van der Waals surface area contributed by atoms with Crippen LogP contribution in [0.5, 0.6) is 17.2 Å². The summed E-state index contributed by atoms with van der Waals surface area (Å²) in [6.07, 6.45) is 5.87. The molecule has 0 radical (unpaired) electrons. The Bertz CT molecular complexity index is 1680. The Morgan fingerprint density at radius 2 is 1.61 bits per heavy atom. The molecule has 0 saturated heterocycles. The Morgan fingerprint density at radius 3 is 2.26 bits per heavy atom. The number of H-pyrrole nitrogens is 1. The number of benzene rings is 3. The van der Waals surface area contributed by atoms with E-state index < -0.39 is 11.9 Å². The van der Waals surface area contributed by atoms with Crippen LogP contribution in [0.2, 0.25) is 0 Å². The molecule has 1 aliphatic rings. The highest BCUT2D eigenvalue weighted by atomic mass is 16.5. The lowest BCUT2D eigenvalue weighted by atomic mass is 9.87. The summed E-state index contributed by atoms with van der Waals surface area (Å²) in [5, 5.41) is 1.11. The van der Waals surface area contributed by atoms with E-state index in [1.807, 2.05) is 47.5 Å². The van der Waals surface area contributed by atoms with E-state index in [9.17, 15) is 14.4 Å². The number of aryl methyl sites for hydroxylation is 1.